The third kappa shape index (κ3) is 4.87. The fraction of sp³-hybridized carbons (Fsp3) is 0.737. The van der Waals surface area contributed by atoms with E-state index in [-0.39, 0.29) is 24.0 Å². The second-order valence-corrected chi connectivity index (χ2v) is 7.61. The van der Waals surface area contributed by atoms with E-state index >= 15 is 0 Å². The van der Waals surface area contributed by atoms with Crippen LogP contribution in [0.5, 0.6) is 0 Å². The van der Waals surface area contributed by atoms with Crippen LogP contribution in [-0.4, -0.2) is 82.9 Å². The molecule has 3 rings (SSSR count). The van der Waals surface area contributed by atoms with Gasteiger partial charge in [0, 0.05) is 46.0 Å². The molecule has 2 saturated heterocycles. The van der Waals surface area contributed by atoms with Crippen molar-refractivity contribution in [1.82, 2.24) is 19.6 Å². The highest BCUT2D eigenvalue weighted by molar-refractivity contribution is 5.97. The molecule has 0 N–H and O–H groups in total. The summed E-state index contributed by atoms with van der Waals surface area (Å²) in [5.74, 6) is 0.293. The van der Waals surface area contributed by atoms with E-state index in [1.807, 2.05) is 36.9 Å². The molecule has 8 nitrogen and oxygen atoms in total. The molecule has 0 aliphatic carbocycles. The molecule has 3 heterocycles. The topological polar surface area (TPSA) is 70.9 Å². The highest BCUT2D eigenvalue weighted by atomic mass is 16.5. The van der Waals surface area contributed by atoms with E-state index in [9.17, 15) is 9.59 Å². The summed E-state index contributed by atoms with van der Waals surface area (Å²) in [5, 5.41) is 4.18. The molecule has 2 amide bonds. The van der Waals surface area contributed by atoms with Crippen molar-refractivity contribution in [3.05, 3.63) is 12.4 Å². The predicted octanol–water partition coefficient (Wildman–Crippen LogP) is 0.875. The van der Waals surface area contributed by atoms with Crippen molar-refractivity contribution in [1.29, 1.82) is 0 Å². The first-order valence-corrected chi connectivity index (χ1v) is 9.89. The number of piperazine rings is 1. The number of rotatable bonds is 6. The number of aryl methyl sites for hydroxylation is 1. The van der Waals surface area contributed by atoms with Gasteiger partial charge in [-0.2, -0.15) is 5.10 Å². The normalized spacial score (nSPS) is 21.9. The van der Waals surface area contributed by atoms with Crippen molar-refractivity contribution in [2.75, 3.05) is 44.2 Å². The summed E-state index contributed by atoms with van der Waals surface area (Å²) in [4.78, 5) is 31.3. The first kappa shape index (κ1) is 19.8. The maximum atomic E-state index is 13.0. The quantitative estimate of drug-likeness (QED) is 0.736. The summed E-state index contributed by atoms with van der Waals surface area (Å²) in [6, 6.07) is -0.0968. The molecule has 8 heteroatoms. The number of aromatic nitrogens is 2. The highest BCUT2D eigenvalue weighted by Crippen LogP contribution is 2.24. The van der Waals surface area contributed by atoms with Gasteiger partial charge in [0.15, 0.2) is 0 Å². The molecule has 2 aliphatic rings. The molecule has 27 heavy (non-hydrogen) atoms. The van der Waals surface area contributed by atoms with Crippen LogP contribution in [0.2, 0.25) is 0 Å². The summed E-state index contributed by atoms with van der Waals surface area (Å²) in [6.45, 7) is 8.00. The molecule has 1 unspecified atom stereocenters. The Morgan fingerprint density at radius 1 is 1.26 bits per heavy atom. The average Bonchev–Trinajstić information content (AvgIpc) is 3.08. The van der Waals surface area contributed by atoms with Gasteiger partial charge in [0.25, 0.3) is 0 Å². The van der Waals surface area contributed by atoms with E-state index in [0.29, 0.717) is 26.1 Å². The van der Waals surface area contributed by atoms with Crippen LogP contribution in [0, 0.1) is 0 Å². The zero-order chi connectivity index (χ0) is 19.4. The second kappa shape index (κ2) is 8.84. The lowest BCUT2D eigenvalue weighted by atomic mass is 10.0. The van der Waals surface area contributed by atoms with Crippen LogP contribution in [0.3, 0.4) is 0 Å². The van der Waals surface area contributed by atoms with Crippen molar-refractivity contribution in [3.63, 3.8) is 0 Å². The zero-order valence-corrected chi connectivity index (χ0v) is 16.6. The minimum absolute atomic E-state index is 0.0968. The molecule has 1 atom stereocenters. The molecule has 0 radical (unpaired) electrons. The lowest BCUT2D eigenvalue weighted by Gasteiger charge is -2.42. The fourth-order valence-electron chi connectivity index (χ4n) is 3.82. The van der Waals surface area contributed by atoms with Crippen LogP contribution in [0.25, 0.3) is 0 Å². The van der Waals surface area contributed by atoms with Crippen LogP contribution in [-0.2, 0) is 21.4 Å². The van der Waals surface area contributed by atoms with Gasteiger partial charge in [-0.05, 0) is 26.7 Å². The number of ether oxygens (including phenoxy) is 1. The van der Waals surface area contributed by atoms with Gasteiger partial charge in [-0.25, -0.2) is 0 Å². The summed E-state index contributed by atoms with van der Waals surface area (Å²) in [7, 11) is 1.86. The third-order valence-corrected chi connectivity index (χ3v) is 5.29. The Hall–Kier alpha value is -1.93. The van der Waals surface area contributed by atoms with Crippen molar-refractivity contribution in [3.8, 4) is 0 Å². The standard InChI is InChI=1S/C19H31N5O3/c1-15(2)27-12-6-18(25)23-10-8-22(9-11-23)17-5-4-7-24(19(17)26)16-13-20-21(3)14-16/h13-15,17H,4-12H2,1-3H3. The Morgan fingerprint density at radius 2 is 2.00 bits per heavy atom. The first-order valence-electron chi connectivity index (χ1n) is 9.89. The van der Waals surface area contributed by atoms with E-state index in [4.69, 9.17) is 4.74 Å². The Labute approximate surface area is 161 Å². The van der Waals surface area contributed by atoms with Gasteiger partial charge in [0.1, 0.15) is 0 Å². The predicted molar refractivity (Wildman–Crippen MR) is 102 cm³/mol. The molecule has 0 bridgehead atoms. The molecule has 0 aromatic carbocycles. The lowest BCUT2D eigenvalue weighted by Crippen LogP contribution is -2.58. The molecule has 2 fully saturated rings. The molecule has 1 aromatic rings. The fourth-order valence-corrected chi connectivity index (χ4v) is 3.82. The number of amides is 2. The molecule has 1 aromatic heterocycles. The van der Waals surface area contributed by atoms with Crippen molar-refractivity contribution in [2.24, 2.45) is 7.05 Å². The van der Waals surface area contributed by atoms with E-state index in [0.717, 1.165) is 38.2 Å². The van der Waals surface area contributed by atoms with Crippen LogP contribution >= 0.6 is 0 Å². The Balaban J connectivity index is 1.51. The van der Waals surface area contributed by atoms with E-state index in [1.54, 1.807) is 10.9 Å². The second-order valence-electron chi connectivity index (χ2n) is 7.61. The van der Waals surface area contributed by atoms with E-state index < -0.39 is 0 Å². The van der Waals surface area contributed by atoms with E-state index in [1.165, 1.54) is 0 Å². The maximum absolute atomic E-state index is 13.0. The highest BCUT2D eigenvalue weighted by Gasteiger charge is 2.36. The number of carbonyl (C=O) groups is 2. The van der Waals surface area contributed by atoms with Crippen molar-refractivity contribution < 1.29 is 14.3 Å². The van der Waals surface area contributed by atoms with Crippen LogP contribution in [0.15, 0.2) is 12.4 Å². The number of anilines is 1. The van der Waals surface area contributed by atoms with E-state index in [2.05, 4.69) is 10.00 Å². The summed E-state index contributed by atoms with van der Waals surface area (Å²) in [5.41, 5.74) is 0.867. The minimum Gasteiger partial charge on any atom is -0.378 e. The monoisotopic (exact) mass is 377 g/mol. The van der Waals surface area contributed by atoms with Crippen LogP contribution in [0.1, 0.15) is 33.1 Å². The van der Waals surface area contributed by atoms with Crippen LogP contribution < -0.4 is 4.90 Å². The van der Waals surface area contributed by atoms with Crippen molar-refractivity contribution >= 4 is 17.5 Å². The third-order valence-electron chi connectivity index (χ3n) is 5.29. The molecular formula is C19H31N5O3. The Morgan fingerprint density at radius 3 is 2.63 bits per heavy atom. The number of piperidine rings is 1. The van der Waals surface area contributed by atoms with Gasteiger partial charge < -0.3 is 14.5 Å². The molecule has 2 aliphatic heterocycles. The van der Waals surface area contributed by atoms with Gasteiger partial charge in [0.05, 0.1) is 37.1 Å². The summed E-state index contributed by atoms with van der Waals surface area (Å²) < 4.78 is 7.20. The molecular weight excluding hydrogens is 346 g/mol. The van der Waals surface area contributed by atoms with Crippen LogP contribution in [0.4, 0.5) is 5.69 Å². The van der Waals surface area contributed by atoms with Gasteiger partial charge in [-0.15, -0.1) is 0 Å². The number of nitrogens with zero attached hydrogens (tertiary/aromatic N) is 5. The minimum atomic E-state index is -0.0968. The average molecular weight is 377 g/mol. The smallest absolute Gasteiger partial charge is 0.244 e. The summed E-state index contributed by atoms with van der Waals surface area (Å²) >= 11 is 0. The molecule has 0 saturated carbocycles. The van der Waals surface area contributed by atoms with Gasteiger partial charge >= 0.3 is 0 Å². The van der Waals surface area contributed by atoms with Gasteiger partial charge in [-0.1, -0.05) is 0 Å². The largest absolute Gasteiger partial charge is 0.378 e. The Kier molecular flexibility index (Phi) is 6.49. The molecule has 150 valence electrons. The lowest BCUT2D eigenvalue weighted by molar-refractivity contribution is -0.135. The van der Waals surface area contributed by atoms with Gasteiger partial charge in [-0.3, -0.25) is 19.2 Å². The van der Waals surface area contributed by atoms with Gasteiger partial charge in [0.2, 0.25) is 11.8 Å². The molecule has 0 spiro atoms. The van der Waals surface area contributed by atoms with Crippen molar-refractivity contribution in [2.45, 2.75) is 45.3 Å². The maximum Gasteiger partial charge on any atom is 0.244 e. The summed E-state index contributed by atoms with van der Waals surface area (Å²) in [6.07, 6.45) is 6.07. The Bertz CT molecular complexity index is 652. The number of hydrogen-bond donors (Lipinski definition) is 0. The first-order chi connectivity index (χ1) is 13.0. The number of hydrogen-bond acceptors (Lipinski definition) is 5. The SMILES string of the molecule is CC(C)OCCC(=O)N1CCN(C2CCCN(c3cnn(C)c3)C2=O)CC1. The zero-order valence-electron chi connectivity index (χ0n) is 16.6. The number of carbonyl (C=O) groups excluding carboxylic acids is 2.